The van der Waals surface area contributed by atoms with Gasteiger partial charge in [-0.1, -0.05) is 44.2 Å². The van der Waals surface area contributed by atoms with Gasteiger partial charge in [-0.3, -0.25) is 4.79 Å². The van der Waals surface area contributed by atoms with Gasteiger partial charge in [-0.2, -0.15) is 0 Å². The quantitative estimate of drug-likeness (QED) is 0.739. The lowest BCUT2D eigenvalue weighted by Crippen LogP contribution is -2.44. The summed E-state index contributed by atoms with van der Waals surface area (Å²) < 4.78 is 2.26. The number of aromatic nitrogens is 2. The normalized spacial score (nSPS) is 17.7. The van der Waals surface area contributed by atoms with Gasteiger partial charge in [0.25, 0.3) is 0 Å². The number of amides is 1. The zero-order chi connectivity index (χ0) is 18.4. The molecule has 0 radical (unpaired) electrons. The number of benzene rings is 1. The summed E-state index contributed by atoms with van der Waals surface area (Å²) in [4.78, 5) is 19.5. The van der Waals surface area contributed by atoms with E-state index < -0.39 is 0 Å². The molecule has 1 unspecified atom stereocenters. The molecule has 1 aromatic carbocycles. The van der Waals surface area contributed by atoms with Crippen molar-refractivity contribution in [2.75, 3.05) is 6.54 Å². The van der Waals surface area contributed by atoms with Gasteiger partial charge in [-0.05, 0) is 37.7 Å². The first-order chi connectivity index (χ1) is 12.6. The zero-order valence-electron chi connectivity index (χ0n) is 16.1. The van der Waals surface area contributed by atoms with E-state index in [-0.39, 0.29) is 0 Å². The molecule has 4 nitrogen and oxygen atoms in total. The molecular formula is C22H31N3O. The number of piperidine rings is 1. The monoisotopic (exact) mass is 353 g/mol. The molecule has 0 bridgehead atoms. The SMILES string of the molecule is CC(C)c1nccn1CCC1CCCCN1C(=O)CCc1ccccc1. The van der Waals surface area contributed by atoms with Crippen LogP contribution in [0.3, 0.4) is 0 Å². The van der Waals surface area contributed by atoms with Gasteiger partial charge in [0, 0.05) is 43.9 Å². The van der Waals surface area contributed by atoms with Gasteiger partial charge in [0.05, 0.1) is 0 Å². The summed E-state index contributed by atoms with van der Waals surface area (Å²) in [6, 6.07) is 10.7. The van der Waals surface area contributed by atoms with Crippen molar-refractivity contribution in [1.82, 2.24) is 14.5 Å². The number of rotatable bonds is 7. The summed E-state index contributed by atoms with van der Waals surface area (Å²) >= 11 is 0. The number of likely N-dealkylation sites (tertiary alicyclic amines) is 1. The van der Waals surface area contributed by atoms with Crippen molar-refractivity contribution in [3.05, 3.63) is 54.1 Å². The Bertz CT molecular complexity index is 692. The maximum atomic E-state index is 12.8. The second-order valence-electron chi connectivity index (χ2n) is 7.64. The molecular weight excluding hydrogens is 322 g/mol. The molecule has 4 heteroatoms. The Kier molecular flexibility index (Phi) is 6.48. The summed E-state index contributed by atoms with van der Waals surface area (Å²) in [5.41, 5.74) is 1.24. The van der Waals surface area contributed by atoms with Gasteiger partial charge in [0.15, 0.2) is 0 Å². The molecule has 1 aromatic heterocycles. The predicted molar refractivity (Wildman–Crippen MR) is 105 cm³/mol. The molecule has 0 spiro atoms. The minimum Gasteiger partial charge on any atom is -0.340 e. The van der Waals surface area contributed by atoms with Gasteiger partial charge in [-0.25, -0.2) is 4.98 Å². The number of carbonyl (C=O) groups excluding carboxylic acids is 1. The zero-order valence-corrected chi connectivity index (χ0v) is 16.1. The van der Waals surface area contributed by atoms with Crippen LogP contribution in [0.25, 0.3) is 0 Å². The predicted octanol–water partition coefficient (Wildman–Crippen LogP) is 4.41. The molecule has 0 saturated carbocycles. The Morgan fingerprint density at radius 3 is 2.81 bits per heavy atom. The van der Waals surface area contributed by atoms with E-state index in [1.165, 1.54) is 12.0 Å². The van der Waals surface area contributed by atoms with Crippen LogP contribution >= 0.6 is 0 Å². The fraction of sp³-hybridized carbons (Fsp3) is 0.545. The first-order valence-corrected chi connectivity index (χ1v) is 9.99. The number of nitrogens with zero attached hydrogens (tertiary/aromatic N) is 3. The lowest BCUT2D eigenvalue weighted by molar-refractivity contribution is -0.135. The summed E-state index contributed by atoms with van der Waals surface area (Å²) in [7, 11) is 0. The molecule has 3 rings (SSSR count). The minimum absolute atomic E-state index is 0.313. The van der Waals surface area contributed by atoms with Crippen LogP contribution in [0.4, 0.5) is 0 Å². The van der Waals surface area contributed by atoms with E-state index in [0.29, 0.717) is 24.3 Å². The largest absolute Gasteiger partial charge is 0.340 e. The highest BCUT2D eigenvalue weighted by molar-refractivity contribution is 5.76. The summed E-state index contributed by atoms with van der Waals surface area (Å²) in [6.07, 6.45) is 9.92. The van der Waals surface area contributed by atoms with E-state index in [0.717, 1.165) is 44.6 Å². The molecule has 2 heterocycles. The van der Waals surface area contributed by atoms with E-state index in [4.69, 9.17) is 0 Å². The third kappa shape index (κ3) is 4.75. The molecule has 1 atom stereocenters. The molecule has 1 saturated heterocycles. The molecule has 1 fully saturated rings. The molecule has 26 heavy (non-hydrogen) atoms. The molecule has 0 aliphatic carbocycles. The summed E-state index contributed by atoms with van der Waals surface area (Å²) in [5, 5.41) is 0. The van der Waals surface area contributed by atoms with Crippen molar-refractivity contribution in [2.45, 2.75) is 70.9 Å². The van der Waals surface area contributed by atoms with Crippen LogP contribution in [0.2, 0.25) is 0 Å². The number of carbonyl (C=O) groups is 1. The third-order valence-corrected chi connectivity index (χ3v) is 5.39. The Morgan fingerprint density at radius 2 is 2.04 bits per heavy atom. The number of hydrogen-bond donors (Lipinski definition) is 0. The van der Waals surface area contributed by atoms with Gasteiger partial charge in [0.1, 0.15) is 5.82 Å². The summed E-state index contributed by atoms with van der Waals surface area (Å²) in [5.74, 6) is 1.89. The Morgan fingerprint density at radius 1 is 1.23 bits per heavy atom. The highest BCUT2D eigenvalue weighted by atomic mass is 16.2. The molecule has 1 aliphatic rings. The standard InChI is InChI=1S/C22H31N3O/c1-18(2)22-23-14-17-24(22)16-13-20-10-6-7-15-25(20)21(26)12-11-19-8-4-3-5-9-19/h3-5,8-9,14,17-18,20H,6-7,10-13,15-16H2,1-2H3. The lowest BCUT2D eigenvalue weighted by atomic mass is 9.98. The lowest BCUT2D eigenvalue weighted by Gasteiger charge is -2.36. The maximum absolute atomic E-state index is 12.8. The minimum atomic E-state index is 0.313. The van der Waals surface area contributed by atoms with E-state index in [1.54, 1.807) is 0 Å². The van der Waals surface area contributed by atoms with Crippen LogP contribution in [0.1, 0.15) is 63.3 Å². The van der Waals surface area contributed by atoms with Gasteiger partial charge >= 0.3 is 0 Å². The topological polar surface area (TPSA) is 38.1 Å². The third-order valence-electron chi connectivity index (χ3n) is 5.39. The molecule has 1 amide bonds. The smallest absolute Gasteiger partial charge is 0.223 e. The van der Waals surface area contributed by atoms with Crippen molar-refractivity contribution in [2.24, 2.45) is 0 Å². The Balaban J connectivity index is 1.56. The van der Waals surface area contributed by atoms with Crippen LogP contribution in [-0.4, -0.2) is 32.9 Å². The van der Waals surface area contributed by atoms with E-state index in [9.17, 15) is 4.79 Å². The maximum Gasteiger partial charge on any atom is 0.223 e. The van der Waals surface area contributed by atoms with Crippen LogP contribution in [0.15, 0.2) is 42.7 Å². The van der Waals surface area contributed by atoms with Crippen molar-refractivity contribution in [3.63, 3.8) is 0 Å². The average molecular weight is 354 g/mol. The van der Waals surface area contributed by atoms with Crippen LogP contribution in [0.5, 0.6) is 0 Å². The Hall–Kier alpha value is -2.10. The molecule has 1 aliphatic heterocycles. The van der Waals surface area contributed by atoms with Crippen LogP contribution < -0.4 is 0 Å². The molecule has 140 valence electrons. The van der Waals surface area contributed by atoms with Crippen molar-refractivity contribution < 1.29 is 4.79 Å². The molecule has 2 aromatic rings. The van der Waals surface area contributed by atoms with Gasteiger partial charge in [0.2, 0.25) is 5.91 Å². The van der Waals surface area contributed by atoms with Crippen molar-refractivity contribution >= 4 is 5.91 Å². The molecule has 0 N–H and O–H groups in total. The average Bonchev–Trinajstić information content (AvgIpc) is 3.14. The number of hydrogen-bond acceptors (Lipinski definition) is 2. The first kappa shape index (κ1) is 18.7. The van der Waals surface area contributed by atoms with E-state index >= 15 is 0 Å². The second kappa shape index (κ2) is 9.02. The number of aryl methyl sites for hydroxylation is 2. The fourth-order valence-corrected chi connectivity index (χ4v) is 3.97. The fourth-order valence-electron chi connectivity index (χ4n) is 3.97. The highest BCUT2D eigenvalue weighted by Gasteiger charge is 2.26. The summed E-state index contributed by atoms with van der Waals surface area (Å²) in [6.45, 7) is 6.22. The van der Waals surface area contributed by atoms with Crippen molar-refractivity contribution in [1.29, 1.82) is 0 Å². The van der Waals surface area contributed by atoms with Gasteiger partial charge < -0.3 is 9.47 Å². The second-order valence-corrected chi connectivity index (χ2v) is 7.64. The number of imidazole rings is 1. The Labute approximate surface area is 157 Å². The van der Waals surface area contributed by atoms with Crippen molar-refractivity contribution in [3.8, 4) is 0 Å². The van der Waals surface area contributed by atoms with E-state index in [1.807, 2.05) is 24.4 Å². The van der Waals surface area contributed by atoms with Gasteiger partial charge in [-0.15, -0.1) is 0 Å². The van der Waals surface area contributed by atoms with E-state index in [2.05, 4.69) is 46.6 Å². The highest BCUT2D eigenvalue weighted by Crippen LogP contribution is 2.23. The van der Waals surface area contributed by atoms with Crippen LogP contribution in [0, 0.1) is 0 Å². The first-order valence-electron chi connectivity index (χ1n) is 9.99. The van der Waals surface area contributed by atoms with Crippen LogP contribution in [-0.2, 0) is 17.8 Å².